The van der Waals surface area contributed by atoms with E-state index in [4.69, 9.17) is 14.2 Å². The molecule has 1 fully saturated rings. The van der Waals surface area contributed by atoms with Gasteiger partial charge in [-0.05, 0) is 32.0 Å². The third-order valence-electron chi connectivity index (χ3n) is 4.59. The van der Waals surface area contributed by atoms with E-state index in [-0.39, 0.29) is 49.6 Å². The van der Waals surface area contributed by atoms with Crippen LogP contribution in [-0.4, -0.2) is 62.2 Å². The van der Waals surface area contributed by atoms with Gasteiger partial charge in [0, 0.05) is 26.1 Å². The summed E-state index contributed by atoms with van der Waals surface area (Å²) in [6, 6.07) is 2.59. The van der Waals surface area contributed by atoms with Gasteiger partial charge in [0.15, 0.2) is 6.61 Å². The molecule has 1 heterocycles. The van der Waals surface area contributed by atoms with Crippen molar-refractivity contribution in [3.8, 4) is 5.75 Å². The Hall–Kier alpha value is -2.82. The average Bonchev–Trinajstić information content (AvgIpc) is 3.08. The number of amides is 2. The Bertz CT molecular complexity index is 813. The fourth-order valence-corrected chi connectivity index (χ4v) is 2.99. The lowest BCUT2D eigenvalue weighted by molar-refractivity contribution is -0.151. The first-order valence-electron chi connectivity index (χ1n) is 9.61. The summed E-state index contributed by atoms with van der Waals surface area (Å²) in [5, 5.41) is 2.27. The first kappa shape index (κ1) is 24.4. The maximum Gasteiger partial charge on any atom is 0.416 e. The maximum atomic E-state index is 13.0. The highest BCUT2D eigenvalue weighted by atomic mass is 19.4. The van der Waals surface area contributed by atoms with E-state index < -0.39 is 36.1 Å². The van der Waals surface area contributed by atoms with Crippen molar-refractivity contribution in [2.24, 2.45) is 5.92 Å². The lowest BCUT2D eigenvalue weighted by atomic mass is 10.1. The molecule has 0 aliphatic carbocycles. The fourth-order valence-electron chi connectivity index (χ4n) is 2.99. The minimum absolute atomic E-state index is 0.0102. The summed E-state index contributed by atoms with van der Waals surface area (Å²) < 4.78 is 54.2. The van der Waals surface area contributed by atoms with Gasteiger partial charge < -0.3 is 24.4 Å². The van der Waals surface area contributed by atoms with Crippen molar-refractivity contribution in [1.82, 2.24) is 4.90 Å². The lowest BCUT2D eigenvalue weighted by Crippen LogP contribution is -2.33. The van der Waals surface area contributed by atoms with Gasteiger partial charge in [0.25, 0.3) is 5.91 Å². The number of esters is 1. The molecule has 0 radical (unpaired) electrons. The minimum Gasteiger partial charge on any atom is -0.489 e. The molecule has 0 aromatic heterocycles. The number of hydrogen-bond acceptors (Lipinski definition) is 6. The molecule has 1 unspecified atom stereocenters. The molecule has 172 valence electrons. The molecular formula is C20H25F3N2O6. The minimum atomic E-state index is -4.62. The van der Waals surface area contributed by atoms with Gasteiger partial charge in [-0.15, -0.1) is 0 Å². The molecule has 1 aliphatic heterocycles. The Balaban J connectivity index is 2.00. The number of anilines is 1. The molecule has 1 aliphatic rings. The lowest BCUT2D eigenvalue weighted by Gasteiger charge is -2.20. The zero-order valence-electron chi connectivity index (χ0n) is 17.5. The van der Waals surface area contributed by atoms with Crippen molar-refractivity contribution < 1.29 is 41.8 Å². The summed E-state index contributed by atoms with van der Waals surface area (Å²) in [5.74, 6) is -2.41. The zero-order chi connectivity index (χ0) is 23.2. The van der Waals surface area contributed by atoms with Gasteiger partial charge in [-0.25, -0.2) is 0 Å². The third-order valence-corrected chi connectivity index (χ3v) is 4.59. The van der Waals surface area contributed by atoms with Crippen molar-refractivity contribution >= 4 is 23.5 Å². The van der Waals surface area contributed by atoms with Crippen molar-refractivity contribution in [1.29, 1.82) is 0 Å². The van der Waals surface area contributed by atoms with Gasteiger partial charge in [-0.3, -0.25) is 14.4 Å². The molecule has 0 saturated carbocycles. The van der Waals surface area contributed by atoms with Crippen LogP contribution in [0.4, 0.5) is 18.9 Å². The molecule has 8 nitrogen and oxygen atoms in total. The predicted octanol–water partition coefficient (Wildman–Crippen LogP) is 2.47. The molecular weight excluding hydrogens is 421 g/mol. The Kier molecular flexibility index (Phi) is 8.26. The fraction of sp³-hybridized carbons (Fsp3) is 0.550. The van der Waals surface area contributed by atoms with E-state index in [0.29, 0.717) is 0 Å². The van der Waals surface area contributed by atoms with Gasteiger partial charge in [0.1, 0.15) is 12.4 Å². The second-order valence-electron chi connectivity index (χ2n) is 7.25. The number of carbonyl (C=O) groups is 3. The van der Waals surface area contributed by atoms with E-state index in [1.54, 1.807) is 0 Å². The van der Waals surface area contributed by atoms with E-state index in [2.05, 4.69) is 5.32 Å². The van der Waals surface area contributed by atoms with Crippen molar-refractivity contribution in [3.05, 3.63) is 23.8 Å². The zero-order valence-corrected chi connectivity index (χ0v) is 17.5. The van der Waals surface area contributed by atoms with Gasteiger partial charge in [-0.1, -0.05) is 0 Å². The van der Waals surface area contributed by atoms with Crippen LogP contribution in [-0.2, 0) is 30.0 Å². The van der Waals surface area contributed by atoms with Crippen molar-refractivity contribution in [3.63, 3.8) is 0 Å². The molecule has 1 saturated heterocycles. The predicted molar refractivity (Wildman–Crippen MR) is 103 cm³/mol. The summed E-state index contributed by atoms with van der Waals surface area (Å²) in [6.45, 7) is 3.38. The normalized spacial score (nSPS) is 16.5. The number of benzene rings is 1. The molecule has 2 amide bonds. The van der Waals surface area contributed by atoms with E-state index >= 15 is 0 Å². The average molecular weight is 446 g/mol. The van der Waals surface area contributed by atoms with Crippen LogP contribution in [0.25, 0.3) is 0 Å². The molecule has 1 aromatic rings. The Morgan fingerprint density at radius 2 is 1.97 bits per heavy atom. The standard InChI is InChI=1S/C20H25F3N2O6/c1-12(2)25-10-13(8-18(25)27)19(28)31-11-17(26)24-15-9-14(20(21,22)23)4-5-16(15)30-7-6-29-3/h4-5,9,12-13H,6-8,10-11H2,1-3H3,(H,24,26). The second-order valence-corrected chi connectivity index (χ2v) is 7.25. The van der Waals surface area contributed by atoms with Crippen LogP contribution in [0, 0.1) is 5.92 Å². The van der Waals surface area contributed by atoms with E-state index in [1.807, 2.05) is 13.8 Å². The first-order valence-corrected chi connectivity index (χ1v) is 9.61. The number of methoxy groups -OCH3 is 1. The Labute approximate surface area is 177 Å². The highest BCUT2D eigenvalue weighted by molar-refractivity contribution is 5.95. The van der Waals surface area contributed by atoms with E-state index in [1.165, 1.54) is 12.0 Å². The van der Waals surface area contributed by atoms with Crippen LogP contribution < -0.4 is 10.1 Å². The number of halogens is 3. The molecule has 2 rings (SSSR count). The van der Waals surface area contributed by atoms with Crippen LogP contribution >= 0.6 is 0 Å². The summed E-state index contributed by atoms with van der Waals surface area (Å²) >= 11 is 0. The molecule has 1 aromatic carbocycles. The first-order chi connectivity index (χ1) is 14.5. The molecule has 11 heteroatoms. The molecule has 1 N–H and O–H groups in total. The van der Waals surface area contributed by atoms with Crippen LogP contribution in [0.5, 0.6) is 5.75 Å². The summed E-state index contributed by atoms with van der Waals surface area (Å²) in [4.78, 5) is 37.8. The van der Waals surface area contributed by atoms with Crippen LogP contribution in [0.1, 0.15) is 25.8 Å². The molecule has 0 spiro atoms. The van der Waals surface area contributed by atoms with E-state index in [0.717, 1.165) is 18.2 Å². The number of likely N-dealkylation sites (tertiary alicyclic amines) is 1. The third kappa shape index (κ3) is 6.84. The Morgan fingerprint density at radius 1 is 1.26 bits per heavy atom. The monoisotopic (exact) mass is 446 g/mol. The second kappa shape index (κ2) is 10.5. The molecule has 1 atom stereocenters. The number of alkyl halides is 3. The van der Waals surface area contributed by atoms with E-state index in [9.17, 15) is 27.6 Å². The number of hydrogen-bond donors (Lipinski definition) is 1. The number of nitrogens with one attached hydrogen (secondary N) is 1. The van der Waals surface area contributed by atoms with Crippen LogP contribution in [0.2, 0.25) is 0 Å². The SMILES string of the molecule is COCCOc1ccc(C(F)(F)F)cc1NC(=O)COC(=O)C1CC(=O)N(C(C)C)C1. The van der Waals surface area contributed by atoms with Crippen molar-refractivity contribution in [2.75, 3.05) is 38.8 Å². The van der Waals surface area contributed by atoms with Crippen LogP contribution in [0.3, 0.4) is 0 Å². The molecule has 31 heavy (non-hydrogen) atoms. The Morgan fingerprint density at radius 3 is 2.55 bits per heavy atom. The van der Waals surface area contributed by atoms with Gasteiger partial charge in [0.05, 0.1) is 23.8 Å². The smallest absolute Gasteiger partial charge is 0.416 e. The van der Waals surface area contributed by atoms with Gasteiger partial charge >= 0.3 is 12.1 Å². The highest BCUT2D eigenvalue weighted by Crippen LogP contribution is 2.35. The number of ether oxygens (including phenoxy) is 3. The maximum absolute atomic E-state index is 13.0. The van der Waals surface area contributed by atoms with Crippen molar-refractivity contribution in [2.45, 2.75) is 32.5 Å². The summed E-state index contributed by atoms with van der Waals surface area (Å²) in [6.07, 6.45) is -4.63. The van der Waals surface area contributed by atoms with Gasteiger partial charge in [-0.2, -0.15) is 13.2 Å². The summed E-state index contributed by atoms with van der Waals surface area (Å²) in [5.41, 5.74) is -1.19. The highest BCUT2D eigenvalue weighted by Gasteiger charge is 2.36. The van der Waals surface area contributed by atoms with Crippen LogP contribution in [0.15, 0.2) is 18.2 Å². The largest absolute Gasteiger partial charge is 0.489 e. The quantitative estimate of drug-likeness (QED) is 0.463. The molecule has 0 bridgehead atoms. The number of rotatable bonds is 9. The topological polar surface area (TPSA) is 94.2 Å². The van der Waals surface area contributed by atoms with Gasteiger partial charge in [0.2, 0.25) is 5.91 Å². The number of nitrogens with zero attached hydrogens (tertiary/aromatic N) is 1. The number of carbonyl (C=O) groups excluding carboxylic acids is 3. The summed E-state index contributed by atoms with van der Waals surface area (Å²) in [7, 11) is 1.44.